The number of carboxylic acids is 1. The van der Waals surface area contributed by atoms with Gasteiger partial charge in [-0.25, -0.2) is 4.79 Å². The molecule has 0 radical (unpaired) electrons. The van der Waals surface area contributed by atoms with Crippen molar-refractivity contribution in [2.75, 3.05) is 0 Å². The van der Waals surface area contributed by atoms with E-state index in [0.29, 0.717) is 5.92 Å². The van der Waals surface area contributed by atoms with Gasteiger partial charge in [-0.05, 0) is 36.7 Å². The Morgan fingerprint density at radius 1 is 1.26 bits per heavy atom. The largest absolute Gasteiger partial charge is 0.479 e. The Hall–Kier alpha value is -1.35. The number of carboxylic acid groups (broad SMARTS) is 1. The van der Waals surface area contributed by atoms with Crippen molar-refractivity contribution in [1.29, 1.82) is 0 Å². The molecule has 0 aliphatic heterocycles. The standard InChI is InChI=1S/C16H22O3/c1-11-8-9-14(12(2)10-11)19-15(16(17)18)13-6-4-3-5-7-13/h3-7,11-12,14-15H,8-10H2,1-2H3,(H,17,18). The highest BCUT2D eigenvalue weighted by atomic mass is 16.5. The molecule has 1 N–H and O–H groups in total. The molecule has 3 nitrogen and oxygen atoms in total. The summed E-state index contributed by atoms with van der Waals surface area (Å²) in [6, 6.07) is 9.21. The van der Waals surface area contributed by atoms with E-state index >= 15 is 0 Å². The predicted octanol–water partition coefficient (Wildman–Crippen LogP) is 3.65. The van der Waals surface area contributed by atoms with Gasteiger partial charge in [-0.1, -0.05) is 44.2 Å². The third-order valence-electron chi connectivity index (χ3n) is 3.99. The zero-order valence-electron chi connectivity index (χ0n) is 11.6. The molecule has 1 aromatic rings. The number of benzene rings is 1. The van der Waals surface area contributed by atoms with Crippen LogP contribution in [0.15, 0.2) is 30.3 Å². The topological polar surface area (TPSA) is 46.5 Å². The molecule has 19 heavy (non-hydrogen) atoms. The molecule has 0 bridgehead atoms. The molecular formula is C16H22O3. The molecule has 4 atom stereocenters. The average molecular weight is 262 g/mol. The Balaban J connectivity index is 2.07. The van der Waals surface area contributed by atoms with Gasteiger partial charge in [-0.2, -0.15) is 0 Å². The second-order valence-electron chi connectivity index (χ2n) is 5.70. The van der Waals surface area contributed by atoms with Crippen molar-refractivity contribution in [1.82, 2.24) is 0 Å². The van der Waals surface area contributed by atoms with Gasteiger partial charge in [-0.3, -0.25) is 0 Å². The SMILES string of the molecule is CC1CCC(OC(C(=O)O)c2ccccc2)C(C)C1. The Morgan fingerprint density at radius 3 is 2.53 bits per heavy atom. The van der Waals surface area contributed by atoms with E-state index in [1.54, 1.807) is 0 Å². The third kappa shape index (κ3) is 3.57. The van der Waals surface area contributed by atoms with Crippen LogP contribution in [0.2, 0.25) is 0 Å². The lowest BCUT2D eigenvalue weighted by atomic mass is 9.81. The van der Waals surface area contributed by atoms with Gasteiger partial charge in [0.15, 0.2) is 6.10 Å². The van der Waals surface area contributed by atoms with Gasteiger partial charge in [0.05, 0.1) is 6.10 Å². The number of hydrogen-bond acceptors (Lipinski definition) is 2. The fraction of sp³-hybridized carbons (Fsp3) is 0.562. The molecule has 3 heteroatoms. The lowest BCUT2D eigenvalue weighted by Gasteiger charge is -2.34. The van der Waals surface area contributed by atoms with Crippen molar-refractivity contribution in [3.8, 4) is 0 Å². The average Bonchev–Trinajstić information content (AvgIpc) is 2.38. The first-order valence-electron chi connectivity index (χ1n) is 7.01. The van der Waals surface area contributed by atoms with E-state index in [1.807, 2.05) is 30.3 Å². The molecule has 1 aliphatic rings. The molecule has 0 amide bonds. The first-order chi connectivity index (χ1) is 9.08. The van der Waals surface area contributed by atoms with Gasteiger partial charge >= 0.3 is 5.97 Å². The summed E-state index contributed by atoms with van der Waals surface area (Å²) in [6.07, 6.45) is 2.40. The van der Waals surface area contributed by atoms with Crippen molar-refractivity contribution >= 4 is 5.97 Å². The number of aliphatic carboxylic acids is 1. The van der Waals surface area contributed by atoms with Crippen LogP contribution in [0, 0.1) is 11.8 Å². The highest BCUT2D eigenvalue weighted by Crippen LogP contribution is 2.33. The van der Waals surface area contributed by atoms with Gasteiger partial charge < -0.3 is 9.84 Å². The molecule has 4 unspecified atom stereocenters. The monoisotopic (exact) mass is 262 g/mol. The lowest BCUT2D eigenvalue weighted by molar-refractivity contribution is -0.159. The van der Waals surface area contributed by atoms with Crippen LogP contribution in [0.5, 0.6) is 0 Å². The van der Waals surface area contributed by atoms with Crippen LogP contribution in [0.25, 0.3) is 0 Å². The van der Waals surface area contributed by atoms with Crippen molar-refractivity contribution in [2.24, 2.45) is 11.8 Å². The van der Waals surface area contributed by atoms with Crippen LogP contribution in [-0.4, -0.2) is 17.2 Å². The maximum atomic E-state index is 11.4. The highest BCUT2D eigenvalue weighted by Gasteiger charge is 2.31. The van der Waals surface area contributed by atoms with E-state index in [-0.39, 0.29) is 6.10 Å². The highest BCUT2D eigenvalue weighted by molar-refractivity contribution is 5.74. The van der Waals surface area contributed by atoms with Crippen molar-refractivity contribution in [3.05, 3.63) is 35.9 Å². The van der Waals surface area contributed by atoms with E-state index in [2.05, 4.69) is 13.8 Å². The smallest absolute Gasteiger partial charge is 0.337 e. The van der Waals surface area contributed by atoms with Gasteiger partial charge in [0, 0.05) is 0 Å². The minimum absolute atomic E-state index is 0.0532. The number of rotatable bonds is 4. The fourth-order valence-electron chi connectivity index (χ4n) is 2.92. The van der Waals surface area contributed by atoms with Gasteiger partial charge in [0.1, 0.15) is 0 Å². The van der Waals surface area contributed by atoms with Gasteiger partial charge in [0.2, 0.25) is 0 Å². The summed E-state index contributed by atoms with van der Waals surface area (Å²) in [6.45, 7) is 4.41. The maximum Gasteiger partial charge on any atom is 0.337 e. The summed E-state index contributed by atoms with van der Waals surface area (Å²) in [4.78, 5) is 11.4. The summed E-state index contributed by atoms with van der Waals surface area (Å²) in [5.74, 6) is 0.237. The fourth-order valence-corrected chi connectivity index (χ4v) is 2.92. The van der Waals surface area contributed by atoms with Crippen LogP contribution in [0.1, 0.15) is 44.8 Å². The van der Waals surface area contributed by atoms with Crippen molar-refractivity contribution < 1.29 is 14.6 Å². The molecule has 104 valence electrons. The first kappa shape index (κ1) is 14.1. The zero-order chi connectivity index (χ0) is 13.8. The Morgan fingerprint density at radius 2 is 1.95 bits per heavy atom. The van der Waals surface area contributed by atoms with E-state index in [0.717, 1.165) is 30.7 Å². The molecule has 0 saturated heterocycles. The van der Waals surface area contributed by atoms with Crippen LogP contribution >= 0.6 is 0 Å². The summed E-state index contributed by atoms with van der Waals surface area (Å²) >= 11 is 0. The molecular weight excluding hydrogens is 240 g/mol. The quantitative estimate of drug-likeness (QED) is 0.900. The molecule has 1 aliphatic carbocycles. The summed E-state index contributed by atoms with van der Waals surface area (Å²) < 4.78 is 5.90. The van der Waals surface area contributed by atoms with E-state index < -0.39 is 12.1 Å². The summed E-state index contributed by atoms with van der Waals surface area (Å²) in [5.41, 5.74) is 0.723. The Bertz CT molecular complexity index is 415. The number of hydrogen-bond donors (Lipinski definition) is 1. The molecule has 1 fully saturated rings. The van der Waals surface area contributed by atoms with Crippen LogP contribution in [0.4, 0.5) is 0 Å². The lowest BCUT2D eigenvalue weighted by Crippen LogP contribution is -2.32. The minimum atomic E-state index is -0.906. The summed E-state index contributed by atoms with van der Waals surface area (Å²) in [5, 5.41) is 9.37. The van der Waals surface area contributed by atoms with Crippen molar-refractivity contribution in [3.63, 3.8) is 0 Å². The normalized spacial score (nSPS) is 28.8. The predicted molar refractivity (Wildman–Crippen MR) is 73.9 cm³/mol. The second kappa shape index (κ2) is 6.20. The first-order valence-corrected chi connectivity index (χ1v) is 7.01. The molecule has 1 saturated carbocycles. The van der Waals surface area contributed by atoms with E-state index in [9.17, 15) is 9.90 Å². The van der Waals surface area contributed by atoms with Crippen LogP contribution in [0.3, 0.4) is 0 Å². The molecule has 2 rings (SSSR count). The third-order valence-corrected chi connectivity index (χ3v) is 3.99. The van der Waals surface area contributed by atoms with Crippen LogP contribution < -0.4 is 0 Å². The zero-order valence-corrected chi connectivity index (χ0v) is 11.6. The van der Waals surface area contributed by atoms with Gasteiger partial charge in [-0.15, -0.1) is 0 Å². The van der Waals surface area contributed by atoms with E-state index in [4.69, 9.17) is 4.74 Å². The van der Waals surface area contributed by atoms with Crippen molar-refractivity contribution in [2.45, 2.75) is 45.3 Å². The molecule has 0 heterocycles. The molecule has 0 aromatic heterocycles. The van der Waals surface area contributed by atoms with Crippen LogP contribution in [-0.2, 0) is 9.53 Å². The maximum absolute atomic E-state index is 11.4. The number of ether oxygens (including phenoxy) is 1. The molecule has 1 aromatic carbocycles. The Labute approximate surface area is 114 Å². The van der Waals surface area contributed by atoms with E-state index in [1.165, 1.54) is 0 Å². The number of carbonyl (C=O) groups is 1. The summed E-state index contributed by atoms with van der Waals surface area (Å²) in [7, 11) is 0. The molecule has 0 spiro atoms. The minimum Gasteiger partial charge on any atom is -0.479 e. The Kier molecular flexibility index (Phi) is 4.59. The second-order valence-corrected chi connectivity index (χ2v) is 5.70. The van der Waals surface area contributed by atoms with Gasteiger partial charge in [0.25, 0.3) is 0 Å².